The maximum atomic E-state index is 12.3. The van der Waals surface area contributed by atoms with Crippen LogP contribution in [0.15, 0.2) is 53.1 Å². The standard InChI is InChI=1S/C18H22N2O2S/c21-18(19-10-8-15-5-2-1-3-6-15)20-11-9-17(23-14-12-20)16-7-4-13-22-16/h1-7,13,17H,8-12,14H2,(H,19,21)/t17-/m0/s1. The molecule has 2 aromatic rings. The van der Waals surface area contributed by atoms with E-state index in [-0.39, 0.29) is 6.03 Å². The molecule has 1 atom stereocenters. The zero-order valence-electron chi connectivity index (χ0n) is 13.1. The Morgan fingerprint density at radius 1 is 1.22 bits per heavy atom. The molecule has 2 heterocycles. The normalized spacial score (nSPS) is 18.4. The summed E-state index contributed by atoms with van der Waals surface area (Å²) in [5, 5.41) is 3.39. The lowest BCUT2D eigenvalue weighted by Crippen LogP contribution is -2.41. The minimum atomic E-state index is 0.0432. The fraction of sp³-hybridized carbons (Fsp3) is 0.389. The van der Waals surface area contributed by atoms with E-state index < -0.39 is 0 Å². The molecule has 23 heavy (non-hydrogen) atoms. The minimum absolute atomic E-state index is 0.0432. The molecule has 0 saturated carbocycles. The minimum Gasteiger partial charge on any atom is -0.468 e. The third-order valence-electron chi connectivity index (χ3n) is 4.02. The molecule has 1 aliphatic rings. The van der Waals surface area contributed by atoms with E-state index in [1.54, 1.807) is 6.26 Å². The van der Waals surface area contributed by atoms with E-state index in [4.69, 9.17) is 4.42 Å². The van der Waals surface area contributed by atoms with Crippen LogP contribution in [0.2, 0.25) is 0 Å². The molecule has 122 valence electrons. The molecule has 1 aliphatic heterocycles. The van der Waals surface area contributed by atoms with Gasteiger partial charge >= 0.3 is 6.03 Å². The molecule has 1 aromatic carbocycles. The zero-order chi connectivity index (χ0) is 15.9. The number of benzene rings is 1. The molecule has 0 aliphatic carbocycles. The molecule has 5 heteroatoms. The largest absolute Gasteiger partial charge is 0.468 e. The van der Waals surface area contributed by atoms with E-state index in [0.29, 0.717) is 11.8 Å². The summed E-state index contributed by atoms with van der Waals surface area (Å²) in [5.74, 6) is 1.96. The second-order valence-electron chi connectivity index (χ2n) is 5.62. The number of hydrogen-bond donors (Lipinski definition) is 1. The first-order valence-corrected chi connectivity index (χ1v) is 9.09. The molecule has 0 unspecified atom stereocenters. The number of amides is 2. The quantitative estimate of drug-likeness (QED) is 0.929. The van der Waals surface area contributed by atoms with E-state index in [2.05, 4.69) is 17.4 Å². The molecule has 0 radical (unpaired) electrons. The highest BCUT2D eigenvalue weighted by Gasteiger charge is 2.23. The first kappa shape index (κ1) is 16.0. The topological polar surface area (TPSA) is 45.5 Å². The lowest BCUT2D eigenvalue weighted by molar-refractivity contribution is 0.201. The number of furan rings is 1. The van der Waals surface area contributed by atoms with Gasteiger partial charge in [-0.25, -0.2) is 4.79 Å². The van der Waals surface area contributed by atoms with Crippen molar-refractivity contribution in [2.24, 2.45) is 0 Å². The van der Waals surface area contributed by atoms with Crippen LogP contribution in [0.3, 0.4) is 0 Å². The van der Waals surface area contributed by atoms with Crippen LogP contribution in [0.25, 0.3) is 0 Å². The fourth-order valence-corrected chi connectivity index (χ4v) is 3.93. The van der Waals surface area contributed by atoms with E-state index in [9.17, 15) is 4.79 Å². The van der Waals surface area contributed by atoms with Crippen molar-refractivity contribution in [3.8, 4) is 0 Å². The Kier molecular flexibility index (Phi) is 5.64. The monoisotopic (exact) mass is 330 g/mol. The Bertz CT molecular complexity index is 601. The zero-order valence-corrected chi connectivity index (χ0v) is 13.9. The molecule has 1 fully saturated rings. The van der Waals surface area contributed by atoms with Crippen molar-refractivity contribution >= 4 is 17.8 Å². The number of nitrogens with zero attached hydrogens (tertiary/aromatic N) is 1. The molecule has 4 nitrogen and oxygen atoms in total. The summed E-state index contributed by atoms with van der Waals surface area (Å²) in [6.07, 6.45) is 3.52. The van der Waals surface area contributed by atoms with Gasteiger partial charge in [0.1, 0.15) is 5.76 Å². The van der Waals surface area contributed by atoms with Crippen LogP contribution in [0.5, 0.6) is 0 Å². The molecule has 0 bridgehead atoms. The van der Waals surface area contributed by atoms with Crippen LogP contribution in [0.1, 0.15) is 23.0 Å². The summed E-state index contributed by atoms with van der Waals surface area (Å²) in [7, 11) is 0. The van der Waals surface area contributed by atoms with Crippen molar-refractivity contribution in [1.82, 2.24) is 10.2 Å². The number of hydrogen-bond acceptors (Lipinski definition) is 3. The summed E-state index contributed by atoms with van der Waals surface area (Å²) in [4.78, 5) is 14.2. The van der Waals surface area contributed by atoms with Crippen LogP contribution < -0.4 is 5.32 Å². The van der Waals surface area contributed by atoms with Gasteiger partial charge in [0.05, 0.1) is 11.5 Å². The Labute approximate surface area is 141 Å². The van der Waals surface area contributed by atoms with Crippen molar-refractivity contribution in [3.05, 3.63) is 60.1 Å². The van der Waals surface area contributed by atoms with Crippen LogP contribution in [0, 0.1) is 0 Å². The maximum absolute atomic E-state index is 12.3. The van der Waals surface area contributed by atoms with Crippen molar-refractivity contribution in [2.45, 2.75) is 18.1 Å². The van der Waals surface area contributed by atoms with Crippen LogP contribution in [-0.2, 0) is 6.42 Å². The highest BCUT2D eigenvalue weighted by molar-refractivity contribution is 7.99. The number of carbonyl (C=O) groups is 1. The molecule has 2 amide bonds. The van der Waals surface area contributed by atoms with Gasteiger partial charge in [0.2, 0.25) is 0 Å². The number of urea groups is 1. The molecular formula is C18H22N2O2S. The second kappa shape index (κ2) is 8.11. The lowest BCUT2D eigenvalue weighted by Gasteiger charge is -2.20. The van der Waals surface area contributed by atoms with Gasteiger partial charge in [-0.15, -0.1) is 11.8 Å². The number of rotatable bonds is 4. The van der Waals surface area contributed by atoms with Gasteiger partial charge in [-0.05, 0) is 30.5 Å². The highest BCUT2D eigenvalue weighted by Crippen LogP contribution is 2.34. The average Bonchev–Trinajstić information content (AvgIpc) is 3.00. The van der Waals surface area contributed by atoms with Gasteiger partial charge in [-0.3, -0.25) is 0 Å². The highest BCUT2D eigenvalue weighted by atomic mass is 32.2. The molecule has 1 aromatic heterocycles. The van der Waals surface area contributed by atoms with E-state index >= 15 is 0 Å². The van der Waals surface area contributed by atoms with Gasteiger partial charge in [-0.2, -0.15) is 0 Å². The first-order chi connectivity index (χ1) is 11.3. The predicted molar refractivity (Wildman–Crippen MR) is 93.6 cm³/mol. The first-order valence-electron chi connectivity index (χ1n) is 8.04. The van der Waals surface area contributed by atoms with Gasteiger partial charge in [0.25, 0.3) is 0 Å². The predicted octanol–water partition coefficient (Wildman–Crippen LogP) is 3.71. The summed E-state index contributed by atoms with van der Waals surface area (Å²) >= 11 is 1.87. The summed E-state index contributed by atoms with van der Waals surface area (Å²) in [5.41, 5.74) is 1.25. The van der Waals surface area contributed by atoms with Crippen LogP contribution >= 0.6 is 11.8 Å². The Morgan fingerprint density at radius 2 is 2.09 bits per heavy atom. The van der Waals surface area contributed by atoms with Crippen molar-refractivity contribution < 1.29 is 9.21 Å². The van der Waals surface area contributed by atoms with Crippen molar-refractivity contribution in [2.75, 3.05) is 25.4 Å². The molecule has 1 saturated heterocycles. The molecule has 1 N–H and O–H groups in total. The molecule has 0 spiro atoms. The van der Waals surface area contributed by atoms with Gasteiger partial charge in [0.15, 0.2) is 0 Å². The number of carbonyl (C=O) groups excluding carboxylic acids is 1. The number of nitrogens with one attached hydrogen (secondary N) is 1. The van der Waals surface area contributed by atoms with Gasteiger partial charge in [-0.1, -0.05) is 30.3 Å². The number of thioether (sulfide) groups is 1. The molecule has 3 rings (SSSR count). The third-order valence-corrected chi connectivity index (χ3v) is 5.31. The van der Waals surface area contributed by atoms with E-state index in [1.807, 2.05) is 47.0 Å². The Morgan fingerprint density at radius 3 is 2.87 bits per heavy atom. The fourth-order valence-electron chi connectivity index (χ4n) is 2.75. The molecular weight excluding hydrogens is 308 g/mol. The average molecular weight is 330 g/mol. The Balaban J connectivity index is 1.44. The van der Waals surface area contributed by atoms with Crippen molar-refractivity contribution in [1.29, 1.82) is 0 Å². The lowest BCUT2D eigenvalue weighted by atomic mass is 10.1. The SMILES string of the molecule is O=C(NCCc1ccccc1)N1CCS[C@H](c2ccco2)CC1. The van der Waals surface area contributed by atoms with Gasteiger partial charge < -0.3 is 14.6 Å². The summed E-state index contributed by atoms with van der Waals surface area (Å²) in [6.45, 7) is 2.24. The van der Waals surface area contributed by atoms with E-state index in [0.717, 1.165) is 37.4 Å². The Hall–Kier alpha value is -1.88. The smallest absolute Gasteiger partial charge is 0.317 e. The van der Waals surface area contributed by atoms with Crippen molar-refractivity contribution in [3.63, 3.8) is 0 Å². The summed E-state index contributed by atoms with van der Waals surface area (Å²) < 4.78 is 5.50. The van der Waals surface area contributed by atoms with Crippen LogP contribution in [-0.4, -0.2) is 36.3 Å². The summed E-state index contributed by atoms with van der Waals surface area (Å²) in [6, 6.07) is 14.2. The maximum Gasteiger partial charge on any atom is 0.317 e. The van der Waals surface area contributed by atoms with E-state index in [1.165, 1.54) is 5.56 Å². The third kappa shape index (κ3) is 4.55. The second-order valence-corrected chi connectivity index (χ2v) is 6.93. The van der Waals surface area contributed by atoms with Gasteiger partial charge in [0, 0.05) is 25.4 Å². The van der Waals surface area contributed by atoms with Crippen LogP contribution in [0.4, 0.5) is 4.79 Å².